The van der Waals surface area contributed by atoms with Gasteiger partial charge in [0.25, 0.3) is 0 Å². The molecule has 0 atom stereocenters. The molecule has 0 aliphatic carbocycles. The van der Waals surface area contributed by atoms with E-state index in [9.17, 15) is 9.59 Å². The lowest BCUT2D eigenvalue weighted by atomic mass is 9.96. The third-order valence-electron chi connectivity index (χ3n) is 3.85. The van der Waals surface area contributed by atoms with E-state index in [1.165, 1.54) is 0 Å². The first-order chi connectivity index (χ1) is 10.7. The minimum Gasteiger partial charge on any atom is -0.359 e. The highest BCUT2D eigenvalue weighted by atomic mass is 127. The van der Waals surface area contributed by atoms with Gasteiger partial charge in [0.2, 0.25) is 11.8 Å². The average Bonchev–Trinajstić information content (AvgIpc) is 2.43. The highest BCUT2D eigenvalue weighted by molar-refractivity contribution is 14.0. The van der Waals surface area contributed by atoms with Gasteiger partial charge in [-0.2, -0.15) is 0 Å². The number of carbonyl (C=O) groups excluding carboxylic acids is 2. The van der Waals surface area contributed by atoms with Crippen molar-refractivity contribution >= 4 is 41.8 Å². The molecule has 0 aromatic rings. The van der Waals surface area contributed by atoms with Crippen LogP contribution >= 0.6 is 24.0 Å². The van der Waals surface area contributed by atoms with Crippen molar-refractivity contribution in [3.05, 3.63) is 0 Å². The van der Waals surface area contributed by atoms with E-state index in [0.717, 1.165) is 6.54 Å². The van der Waals surface area contributed by atoms with E-state index in [2.05, 4.69) is 29.5 Å². The first-order valence-corrected chi connectivity index (χ1v) is 8.29. The zero-order chi connectivity index (χ0) is 17.6. The molecule has 140 valence electrons. The van der Waals surface area contributed by atoms with Crippen LogP contribution in [-0.2, 0) is 9.59 Å². The fourth-order valence-corrected chi connectivity index (χ4v) is 3.13. The number of hydrogen-bond acceptors (Lipinski definition) is 3. The Morgan fingerprint density at radius 3 is 2.46 bits per heavy atom. The van der Waals surface area contributed by atoms with Gasteiger partial charge < -0.3 is 20.4 Å². The number of amides is 2. The lowest BCUT2D eigenvalue weighted by Gasteiger charge is -2.49. The number of piperazine rings is 1. The summed E-state index contributed by atoms with van der Waals surface area (Å²) >= 11 is 0. The Balaban J connectivity index is 0.00000529. The van der Waals surface area contributed by atoms with Crippen LogP contribution in [0.25, 0.3) is 0 Å². The molecule has 7 nitrogen and oxygen atoms in total. The molecule has 2 N–H and O–H groups in total. The van der Waals surface area contributed by atoms with Crippen molar-refractivity contribution in [1.29, 1.82) is 0 Å². The largest absolute Gasteiger partial charge is 0.359 e. The molecule has 0 spiro atoms. The second kappa shape index (κ2) is 10.0. The maximum atomic E-state index is 12.5. The monoisotopic (exact) mass is 453 g/mol. The van der Waals surface area contributed by atoms with Gasteiger partial charge in [-0.1, -0.05) is 0 Å². The summed E-state index contributed by atoms with van der Waals surface area (Å²) in [6.45, 7) is 12.4. The standard InChI is InChI=1S/C16H31N5O2.HI/c1-7-18-15(19-9-8-13(22)17-6)20-10-14(23)21(12(2)3)16(4,5)11-20;/h12H,7-11H2,1-6H3,(H,17,22)(H,18,19);1H. The Morgan fingerprint density at radius 2 is 2.00 bits per heavy atom. The highest BCUT2D eigenvalue weighted by Gasteiger charge is 2.40. The lowest BCUT2D eigenvalue weighted by molar-refractivity contribution is -0.145. The number of rotatable bonds is 5. The number of guanidine groups is 1. The molecule has 1 fully saturated rings. The molecule has 2 amide bonds. The van der Waals surface area contributed by atoms with Crippen LogP contribution < -0.4 is 10.6 Å². The van der Waals surface area contributed by atoms with Crippen LogP contribution in [0.15, 0.2) is 4.99 Å². The Hall–Kier alpha value is -1.06. The number of nitrogens with zero attached hydrogens (tertiary/aromatic N) is 3. The molecule has 24 heavy (non-hydrogen) atoms. The topological polar surface area (TPSA) is 77.0 Å². The number of halogens is 1. The normalized spacial score (nSPS) is 17.6. The third-order valence-corrected chi connectivity index (χ3v) is 3.85. The van der Waals surface area contributed by atoms with Gasteiger partial charge in [0, 0.05) is 32.6 Å². The number of nitrogens with one attached hydrogen (secondary N) is 2. The predicted octanol–water partition coefficient (Wildman–Crippen LogP) is 1.04. The van der Waals surface area contributed by atoms with E-state index in [0.29, 0.717) is 32.0 Å². The molecule has 0 radical (unpaired) electrons. The Morgan fingerprint density at radius 1 is 1.38 bits per heavy atom. The molecular formula is C16H32IN5O2. The minimum absolute atomic E-state index is 0. The summed E-state index contributed by atoms with van der Waals surface area (Å²) in [6, 6.07) is 0.174. The van der Waals surface area contributed by atoms with E-state index in [1.54, 1.807) is 7.05 Å². The van der Waals surface area contributed by atoms with Gasteiger partial charge >= 0.3 is 0 Å². The summed E-state index contributed by atoms with van der Waals surface area (Å²) in [5.74, 6) is 0.764. The zero-order valence-electron chi connectivity index (χ0n) is 15.7. The van der Waals surface area contributed by atoms with Crippen molar-refractivity contribution in [3.63, 3.8) is 0 Å². The molecule has 1 heterocycles. The summed E-state index contributed by atoms with van der Waals surface area (Å²) in [5.41, 5.74) is -0.263. The van der Waals surface area contributed by atoms with E-state index in [4.69, 9.17) is 0 Å². The van der Waals surface area contributed by atoms with Crippen LogP contribution in [0.5, 0.6) is 0 Å². The van der Waals surface area contributed by atoms with Gasteiger partial charge in [-0.15, -0.1) is 24.0 Å². The molecule has 8 heteroatoms. The SMILES string of the molecule is CCNC(=NCCC(=O)NC)N1CC(=O)N(C(C)C)C(C)(C)C1.I. The van der Waals surface area contributed by atoms with Crippen molar-refractivity contribution in [2.45, 2.75) is 52.6 Å². The molecule has 1 aliphatic heterocycles. The number of aliphatic imine (C=N–C) groups is 1. The maximum Gasteiger partial charge on any atom is 0.242 e. The molecular weight excluding hydrogens is 421 g/mol. The molecule has 0 aromatic heterocycles. The molecule has 1 aliphatic rings. The van der Waals surface area contributed by atoms with Crippen LogP contribution in [0.4, 0.5) is 0 Å². The molecule has 0 bridgehead atoms. The summed E-state index contributed by atoms with van der Waals surface area (Å²) in [4.78, 5) is 32.3. The molecule has 0 unspecified atom stereocenters. The van der Waals surface area contributed by atoms with Crippen LogP contribution in [-0.4, -0.2) is 72.4 Å². The number of hydrogen-bond donors (Lipinski definition) is 2. The molecule has 1 rings (SSSR count). The van der Waals surface area contributed by atoms with Gasteiger partial charge in [-0.3, -0.25) is 14.6 Å². The fourth-order valence-electron chi connectivity index (χ4n) is 3.13. The lowest BCUT2D eigenvalue weighted by Crippen LogP contribution is -2.66. The van der Waals surface area contributed by atoms with Gasteiger partial charge in [-0.25, -0.2) is 0 Å². The van der Waals surface area contributed by atoms with Gasteiger partial charge in [0.05, 0.1) is 18.6 Å². The highest BCUT2D eigenvalue weighted by Crippen LogP contribution is 2.24. The quantitative estimate of drug-likeness (QED) is 0.371. The minimum atomic E-state index is -0.263. The first kappa shape index (κ1) is 22.9. The van der Waals surface area contributed by atoms with E-state index < -0.39 is 0 Å². The second-order valence-electron chi connectivity index (χ2n) is 6.68. The van der Waals surface area contributed by atoms with Gasteiger partial charge in [0.1, 0.15) is 0 Å². The van der Waals surface area contributed by atoms with Crippen LogP contribution in [0.3, 0.4) is 0 Å². The van der Waals surface area contributed by atoms with Crippen LogP contribution in [0.2, 0.25) is 0 Å². The fraction of sp³-hybridized carbons (Fsp3) is 0.812. The zero-order valence-corrected chi connectivity index (χ0v) is 18.0. The smallest absolute Gasteiger partial charge is 0.242 e. The molecule has 0 aromatic carbocycles. The van der Waals surface area contributed by atoms with Crippen LogP contribution in [0.1, 0.15) is 41.0 Å². The van der Waals surface area contributed by atoms with Gasteiger partial charge in [0.15, 0.2) is 5.96 Å². The van der Waals surface area contributed by atoms with Crippen LogP contribution in [0, 0.1) is 0 Å². The predicted molar refractivity (Wildman–Crippen MR) is 108 cm³/mol. The van der Waals surface area contributed by atoms with Gasteiger partial charge in [-0.05, 0) is 34.6 Å². The maximum absolute atomic E-state index is 12.5. The van der Waals surface area contributed by atoms with Crippen molar-refractivity contribution in [2.75, 3.05) is 33.2 Å². The first-order valence-electron chi connectivity index (χ1n) is 8.29. The van der Waals surface area contributed by atoms with E-state index in [1.807, 2.05) is 30.6 Å². The Labute approximate surface area is 162 Å². The van der Waals surface area contributed by atoms with Crippen molar-refractivity contribution in [3.8, 4) is 0 Å². The van der Waals surface area contributed by atoms with E-state index in [-0.39, 0.29) is 47.4 Å². The second-order valence-corrected chi connectivity index (χ2v) is 6.68. The molecule has 0 saturated carbocycles. The summed E-state index contributed by atoms with van der Waals surface area (Å²) in [6.07, 6.45) is 0.342. The average molecular weight is 453 g/mol. The Bertz CT molecular complexity index is 465. The van der Waals surface area contributed by atoms with Crippen molar-refractivity contribution in [2.24, 2.45) is 4.99 Å². The molecule has 1 saturated heterocycles. The summed E-state index contributed by atoms with van der Waals surface area (Å²) < 4.78 is 0. The summed E-state index contributed by atoms with van der Waals surface area (Å²) in [7, 11) is 1.61. The number of carbonyl (C=O) groups is 2. The van der Waals surface area contributed by atoms with E-state index >= 15 is 0 Å². The third kappa shape index (κ3) is 6.10. The van der Waals surface area contributed by atoms with Crippen molar-refractivity contribution < 1.29 is 9.59 Å². The Kier molecular flexibility index (Phi) is 9.61. The summed E-state index contributed by atoms with van der Waals surface area (Å²) in [5, 5.41) is 5.81. The van der Waals surface area contributed by atoms with Crippen molar-refractivity contribution in [1.82, 2.24) is 20.4 Å².